The third kappa shape index (κ3) is 7.11. The van der Waals surface area contributed by atoms with E-state index in [1.165, 1.54) is 6.07 Å². The number of methoxy groups -OCH3 is 1. The summed E-state index contributed by atoms with van der Waals surface area (Å²) < 4.78 is 23.7. The number of aliphatic imine (C=N–C) groups is 1. The Morgan fingerprint density at radius 1 is 1.04 bits per heavy atom. The fraction of sp³-hybridized carbons (Fsp3) is 0.350. The number of hydrogen-bond acceptors (Lipinski definition) is 3. The fourth-order valence-corrected chi connectivity index (χ4v) is 2.37. The van der Waals surface area contributed by atoms with Crippen molar-refractivity contribution in [1.29, 1.82) is 0 Å². The maximum absolute atomic E-state index is 13.2. The van der Waals surface area contributed by atoms with Gasteiger partial charge in [0.05, 0.1) is 6.61 Å². The highest BCUT2D eigenvalue weighted by atomic mass is 19.1. The molecule has 0 fully saturated rings. The van der Waals surface area contributed by atoms with E-state index in [1.807, 2.05) is 30.3 Å². The lowest BCUT2D eigenvalue weighted by Gasteiger charge is -2.12. The molecule has 0 aliphatic rings. The topological polar surface area (TPSA) is 54.9 Å². The minimum Gasteiger partial charge on any atom is -0.491 e. The molecule has 5 nitrogen and oxygen atoms in total. The van der Waals surface area contributed by atoms with Gasteiger partial charge in [0.15, 0.2) is 5.96 Å². The van der Waals surface area contributed by atoms with Crippen LogP contribution in [0.3, 0.4) is 0 Å². The van der Waals surface area contributed by atoms with E-state index in [0.29, 0.717) is 32.3 Å². The smallest absolute Gasteiger partial charge is 0.191 e. The molecule has 0 aliphatic carbocycles. The number of hydrogen-bond donors (Lipinski definition) is 2. The van der Waals surface area contributed by atoms with Crippen molar-refractivity contribution < 1.29 is 13.9 Å². The van der Waals surface area contributed by atoms with Gasteiger partial charge in [0.1, 0.15) is 18.2 Å². The molecule has 0 aliphatic heterocycles. The van der Waals surface area contributed by atoms with Crippen LogP contribution in [-0.2, 0) is 17.7 Å². The largest absolute Gasteiger partial charge is 0.491 e. The summed E-state index contributed by atoms with van der Waals surface area (Å²) in [5.41, 5.74) is 2.08. The molecule has 2 rings (SSSR count). The van der Waals surface area contributed by atoms with Crippen LogP contribution in [-0.4, -0.2) is 39.9 Å². The molecule has 0 saturated carbocycles. The van der Waals surface area contributed by atoms with Crippen molar-refractivity contribution in [1.82, 2.24) is 10.6 Å². The van der Waals surface area contributed by atoms with Crippen molar-refractivity contribution in [3.8, 4) is 5.75 Å². The minimum absolute atomic E-state index is 0.209. The first kappa shape index (κ1) is 19.7. The van der Waals surface area contributed by atoms with Gasteiger partial charge >= 0.3 is 0 Å². The van der Waals surface area contributed by atoms with Crippen LogP contribution in [0, 0.1) is 5.82 Å². The fourth-order valence-electron chi connectivity index (χ4n) is 2.37. The molecule has 26 heavy (non-hydrogen) atoms. The van der Waals surface area contributed by atoms with E-state index >= 15 is 0 Å². The zero-order valence-corrected chi connectivity index (χ0v) is 15.3. The van der Waals surface area contributed by atoms with Crippen LogP contribution in [0.5, 0.6) is 5.75 Å². The summed E-state index contributed by atoms with van der Waals surface area (Å²) >= 11 is 0. The van der Waals surface area contributed by atoms with Crippen molar-refractivity contribution in [3.63, 3.8) is 0 Å². The predicted octanol–water partition coefficient (Wildman–Crippen LogP) is 2.76. The lowest BCUT2D eigenvalue weighted by atomic mass is 10.1. The lowest BCUT2D eigenvalue weighted by Crippen LogP contribution is -2.37. The molecule has 2 N–H and O–H groups in total. The second-order valence-electron chi connectivity index (χ2n) is 5.72. The summed E-state index contributed by atoms with van der Waals surface area (Å²) in [5.74, 6) is 1.32. The van der Waals surface area contributed by atoms with E-state index in [0.717, 1.165) is 23.3 Å². The van der Waals surface area contributed by atoms with Crippen molar-refractivity contribution in [3.05, 3.63) is 65.5 Å². The van der Waals surface area contributed by atoms with E-state index in [9.17, 15) is 4.39 Å². The van der Waals surface area contributed by atoms with Crippen molar-refractivity contribution in [2.45, 2.75) is 13.0 Å². The van der Waals surface area contributed by atoms with E-state index in [2.05, 4.69) is 15.6 Å². The second-order valence-corrected chi connectivity index (χ2v) is 5.72. The number of benzene rings is 2. The summed E-state index contributed by atoms with van der Waals surface area (Å²) in [6.45, 7) is 2.43. The SMILES string of the molecule is CN=C(NCCc1cccc(F)c1)NCc1ccc(OCCOC)cc1. The third-order valence-electron chi connectivity index (χ3n) is 3.76. The normalized spacial score (nSPS) is 11.3. The number of nitrogens with zero attached hydrogens (tertiary/aromatic N) is 1. The molecule has 140 valence electrons. The highest BCUT2D eigenvalue weighted by Gasteiger charge is 2.01. The van der Waals surface area contributed by atoms with Gasteiger partial charge in [-0.05, 0) is 41.8 Å². The summed E-state index contributed by atoms with van der Waals surface area (Å²) in [6.07, 6.45) is 0.728. The first-order valence-electron chi connectivity index (χ1n) is 8.61. The van der Waals surface area contributed by atoms with Crippen molar-refractivity contribution in [2.24, 2.45) is 4.99 Å². The molecule has 2 aromatic rings. The van der Waals surface area contributed by atoms with Crippen LogP contribution in [0.25, 0.3) is 0 Å². The average Bonchev–Trinajstić information content (AvgIpc) is 2.66. The van der Waals surface area contributed by atoms with Gasteiger partial charge in [-0.1, -0.05) is 24.3 Å². The molecule has 0 atom stereocenters. The molecular weight excluding hydrogens is 333 g/mol. The van der Waals surface area contributed by atoms with E-state index < -0.39 is 0 Å². The van der Waals surface area contributed by atoms with Crippen molar-refractivity contribution >= 4 is 5.96 Å². The molecule has 0 spiro atoms. The summed E-state index contributed by atoms with van der Waals surface area (Å²) in [7, 11) is 3.38. The maximum Gasteiger partial charge on any atom is 0.191 e. The Kier molecular flexibility index (Phi) is 8.42. The van der Waals surface area contributed by atoms with Crippen LogP contribution in [0.15, 0.2) is 53.5 Å². The Labute approximate surface area is 154 Å². The Balaban J connectivity index is 1.72. The molecule has 2 aromatic carbocycles. The van der Waals surface area contributed by atoms with Crippen LogP contribution in [0.1, 0.15) is 11.1 Å². The lowest BCUT2D eigenvalue weighted by molar-refractivity contribution is 0.146. The third-order valence-corrected chi connectivity index (χ3v) is 3.76. The van der Waals surface area contributed by atoms with Gasteiger partial charge in [-0.2, -0.15) is 0 Å². The van der Waals surface area contributed by atoms with E-state index in [1.54, 1.807) is 26.3 Å². The molecule has 0 heterocycles. The van der Waals surface area contributed by atoms with Gasteiger partial charge in [0, 0.05) is 27.2 Å². The quantitative estimate of drug-likeness (QED) is 0.411. The Morgan fingerprint density at radius 2 is 1.85 bits per heavy atom. The van der Waals surface area contributed by atoms with Crippen LogP contribution < -0.4 is 15.4 Å². The summed E-state index contributed by atoms with van der Waals surface area (Å²) in [4.78, 5) is 4.20. The van der Waals surface area contributed by atoms with Crippen LogP contribution in [0.4, 0.5) is 4.39 Å². The number of ether oxygens (including phenoxy) is 2. The zero-order chi connectivity index (χ0) is 18.6. The minimum atomic E-state index is -0.209. The highest BCUT2D eigenvalue weighted by molar-refractivity contribution is 5.79. The van der Waals surface area contributed by atoms with Gasteiger partial charge in [-0.25, -0.2) is 4.39 Å². The Hall–Kier alpha value is -2.60. The van der Waals surface area contributed by atoms with Gasteiger partial charge in [0.2, 0.25) is 0 Å². The molecule has 0 amide bonds. The molecule has 0 radical (unpaired) electrons. The molecule has 0 bridgehead atoms. The predicted molar refractivity (Wildman–Crippen MR) is 102 cm³/mol. The summed E-state index contributed by atoms with van der Waals surface area (Å²) in [5, 5.41) is 6.49. The average molecular weight is 359 g/mol. The van der Waals surface area contributed by atoms with Crippen LogP contribution in [0.2, 0.25) is 0 Å². The second kappa shape index (κ2) is 11.1. The number of guanidine groups is 1. The van der Waals surface area contributed by atoms with E-state index in [4.69, 9.17) is 9.47 Å². The van der Waals surface area contributed by atoms with Crippen LogP contribution >= 0.6 is 0 Å². The van der Waals surface area contributed by atoms with Gasteiger partial charge in [-0.15, -0.1) is 0 Å². The van der Waals surface area contributed by atoms with Gasteiger partial charge in [-0.3, -0.25) is 4.99 Å². The molecular formula is C20H26FN3O2. The maximum atomic E-state index is 13.2. The Morgan fingerprint density at radius 3 is 2.54 bits per heavy atom. The van der Waals surface area contributed by atoms with E-state index in [-0.39, 0.29) is 5.82 Å². The first-order valence-corrected chi connectivity index (χ1v) is 8.61. The number of nitrogens with one attached hydrogen (secondary N) is 2. The number of rotatable bonds is 9. The zero-order valence-electron chi connectivity index (χ0n) is 15.3. The molecule has 0 aromatic heterocycles. The first-order chi connectivity index (χ1) is 12.7. The van der Waals surface area contributed by atoms with Gasteiger partial charge < -0.3 is 20.1 Å². The summed E-state index contributed by atoms with van der Waals surface area (Å²) in [6, 6.07) is 14.5. The standard InChI is InChI=1S/C20H26FN3O2/c1-22-20(23-11-10-16-4-3-5-18(21)14-16)24-15-17-6-8-19(9-7-17)26-13-12-25-2/h3-9,14H,10-13,15H2,1-2H3,(H2,22,23,24). The molecule has 0 unspecified atom stereocenters. The Bertz CT molecular complexity index is 690. The van der Waals surface area contributed by atoms with Gasteiger partial charge in [0.25, 0.3) is 0 Å². The van der Waals surface area contributed by atoms with Crippen molar-refractivity contribution in [2.75, 3.05) is 33.9 Å². The monoisotopic (exact) mass is 359 g/mol. The highest BCUT2D eigenvalue weighted by Crippen LogP contribution is 2.12. The molecule has 6 heteroatoms. The molecule has 0 saturated heterocycles. The number of halogens is 1.